The van der Waals surface area contributed by atoms with Gasteiger partial charge in [0.05, 0.1) is 11.5 Å². The molecule has 1 aliphatic rings. The highest BCUT2D eigenvalue weighted by atomic mass is 28.3. The van der Waals surface area contributed by atoms with Crippen molar-refractivity contribution in [2.24, 2.45) is 11.3 Å². The Labute approximate surface area is 148 Å². The number of benzene rings is 1. The molecule has 0 spiro atoms. The second kappa shape index (κ2) is 6.74. The molecule has 2 rings (SSSR count). The quantitative estimate of drug-likeness (QED) is 0.465. The van der Waals surface area contributed by atoms with Gasteiger partial charge < -0.3 is 9.33 Å². The topological polar surface area (TPSA) is 29.5 Å². The van der Waals surface area contributed by atoms with Gasteiger partial charge in [-0.25, -0.2) is 0 Å². The van der Waals surface area contributed by atoms with E-state index in [0.717, 1.165) is 5.56 Å². The molecule has 1 aromatic rings. The predicted octanol–water partition coefficient (Wildman–Crippen LogP) is 3.45. The van der Waals surface area contributed by atoms with Gasteiger partial charge in [-0.1, -0.05) is 57.0 Å². The van der Waals surface area contributed by atoms with Crippen molar-refractivity contribution in [3.63, 3.8) is 0 Å². The number of hydrogen-bond donors (Lipinski definition) is 0. The summed E-state index contributed by atoms with van der Waals surface area (Å²) in [5, 5.41) is 0. The van der Waals surface area contributed by atoms with E-state index in [1.807, 2.05) is 30.3 Å². The molecule has 3 nitrogen and oxygen atoms in total. The lowest BCUT2D eigenvalue weighted by Gasteiger charge is -2.57. The van der Waals surface area contributed by atoms with E-state index >= 15 is 0 Å². The normalized spacial score (nSPS) is 23.6. The molecule has 1 fully saturated rings. The van der Waals surface area contributed by atoms with Gasteiger partial charge in [0.2, 0.25) is 5.91 Å². The average molecular weight is 344 g/mol. The molecule has 4 heteroatoms. The molecule has 0 saturated carbocycles. The molecule has 0 bridgehead atoms. The molecule has 1 saturated heterocycles. The maximum absolute atomic E-state index is 13.0. The van der Waals surface area contributed by atoms with Crippen molar-refractivity contribution in [2.75, 3.05) is 0 Å². The Morgan fingerprint density at radius 2 is 1.79 bits per heavy atom. The lowest BCUT2D eigenvalue weighted by Crippen LogP contribution is -2.70. The monoisotopic (exact) mass is 343 g/mol. The Morgan fingerprint density at radius 3 is 2.25 bits per heavy atom. The van der Waals surface area contributed by atoms with E-state index in [9.17, 15) is 4.79 Å². The maximum atomic E-state index is 13.0. The summed E-state index contributed by atoms with van der Waals surface area (Å²) < 4.78 is 6.40. The standard InChI is InChI=1S/C20H29NO2Si/c1-8-16-17(20(5,19(2,3)4)23-24(6)7)18(22)21(16)14-15-12-10-9-11-13-15/h1,9-13,16-17,24H,14H2,2-7H3/t16?,17?,20-/m0/s1. The van der Waals surface area contributed by atoms with Crippen LogP contribution in [0, 0.1) is 23.7 Å². The zero-order chi connectivity index (χ0) is 18.1. The summed E-state index contributed by atoms with van der Waals surface area (Å²) in [6.07, 6.45) is 5.81. The average Bonchev–Trinajstić information content (AvgIpc) is 2.48. The number of amides is 1. The third-order valence-corrected chi connectivity index (χ3v) is 6.09. The molecular weight excluding hydrogens is 314 g/mol. The highest BCUT2D eigenvalue weighted by Gasteiger charge is 2.60. The molecule has 2 unspecified atom stereocenters. The number of β-lactam (4-membered cyclic amide) rings is 1. The largest absolute Gasteiger partial charge is 0.414 e. The minimum absolute atomic E-state index is 0.105. The first-order chi connectivity index (χ1) is 11.1. The summed E-state index contributed by atoms with van der Waals surface area (Å²) in [6, 6.07) is 9.77. The number of carbonyl (C=O) groups is 1. The van der Waals surface area contributed by atoms with Crippen molar-refractivity contribution < 1.29 is 9.22 Å². The Bertz CT molecular complexity index is 629. The van der Waals surface area contributed by atoms with Crippen LogP contribution in [0.4, 0.5) is 0 Å². The van der Waals surface area contributed by atoms with Gasteiger partial charge >= 0.3 is 0 Å². The number of nitrogens with zero attached hydrogens (tertiary/aromatic N) is 1. The van der Waals surface area contributed by atoms with Gasteiger partial charge in [-0.05, 0) is 31.0 Å². The van der Waals surface area contributed by atoms with Gasteiger partial charge in [0.1, 0.15) is 6.04 Å². The first-order valence-electron chi connectivity index (χ1n) is 8.60. The third kappa shape index (κ3) is 3.29. The molecule has 1 amide bonds. The lowest BCUT2D eigenvalue weighted by atomic mass is 9.63. The molecule has 0 aromatic heterocycles. The molecule has 1 heterocycles. The molecule has 24 heavy (non-hydrogen) atoms. The molecule has 1 aliphatic heterocycles. The van der Waals surface area contributed by atoms with E-state index in [4.69, 9.17) is 10.8 Å². The molecule has 3 atom stereocenters. The number of hydrogen-bond acceptors (Lipinski definition) is 2. The van der Waals surface area contributed by atoms with E-state index in [2.05, 4.69) is 46.7 Å². The number of carbonyl (C=O) groups excluding carboxylic acids is 1. The van der Waals surface area contributed by atoms with Crippen molar-refractivity contribution in [3.8, 4) is 12.3 Å². The zero-order valence-corrected chi connectivity index (χ0v) is 16.8. The fourth-order valence-electron chi connectivity index (χ4n) is 3.43. The van der Waals surface area contributed by atoms with Gasteiger partial charge in [-0.2, -0.15) is 0 Å². The zero-order valence-electron chi connectivity index (χ0n) is 15.7. The first kappa shape index (κ1) is 18.8. The smallest absolute Gasteiger partial charge is 0.233 e. The fraction of sp³-hybridized carbons (Fsp3) is 0.550. The van der Waals surface area contributed by atoms with Crippen LogP contribution < -0.4 is 0 Å². The SMILES string of the molecule is C#CC1C([C@](C)(O[SiH](C)C)C(C)(C)C)C(=O)N1Cc1ccccc1. The van der Waals surface area contributed by atoms with Crippen molar-refractivity contribution in [3.05, 3.63) is 35.9 Å². The Hall–Kier alpha value is -1.57. The van der Waals surface area contributed by atoms with Gasteiger partial charge in [0.15, 0.2) is 9.04 Å². The highest BCUT2D eigenvalue weighted by molar-refractivity contribution is 6.48. The molecule has 0 N–H and O–H groups in total. The van der Waals surface area contributed by atoms with Crippen LogP contribution in [0.2, 0.25) is 13.1 Å². The lowest BCUT2D eigenvalue weighted by molar-refractivity contribution is -0.180. The summed E-state index contributed by atoms with van der Waals surface area (Å²) in [5.74, 6) is 2.67. The van der Waals surface area contributed by atoms with E-state index in [1.54, 1.807) is 4.90 Å². The summed E-state index contributed by atoms with van der Waals surface area (Å²) >= 11 is 0. The summed E-state index contributed by atoms with van der Waals surface area (Å²) in [4.78, 5) is 14.8. The van der Waals surface area contributed by atoms with Crippen molar-refractivity contribution in [2.45, 2.75) is 59.0 Å². The first-order valence-corrected chi connectivity index (χ1v) is 11.4. The Balaban J connectivity index is 2.28. The highest BCUT2D eigenvalue weighted by Crippen LogP contribution is 2.47. The second-order valence-electron chi connectivity index (χ2n) is 8.06. The van der Waals surface area contributed by atoms with Crippen LogP contribution in [-0.4, -0.2) is 31.5 Å². The third-order valence-electron chi connectivity index (χ3n) is 5.13. The van der Waals surface area contributed by atoms with Crippen LogP contribution >= 0.6 is 0 Å². The molecule has 1 aromatic carbocycles. The Kier molecular flexibility index (Phi) is 5.27. The van der Waals surface area contributed by atoms with Crippen molar-refractivity contribution in [1.29, 1.82) is 0 Å². The minimum Gasteiger partial charge on any atom is -0.414 e. The van der Waals surface area contributed by atoms with Crippen LogP contribution in [0.5, 0.6) is 0 Å². The summed E-state index contributed by atoms with van der Waals surface area (Å²) in [6.45, 7) is 13.3. The van der Waals surface area contributed by atoms with E-state index in [1.165, 1.54) is 0 Å². The molecule has 0 radical (unpaired) electrons. The van der Waals surface area contributed by atoms with Crippen molar-refractivity contribution >= 4 is 14.9 Å². The summed E-state index contributed by atoms with van der Waals surface area (Å²) in [5.41, 5.74) is 0.383. The van der Waals surface area contributed by atoms with E-state index < -0.39 is 14.6 Å². The van der Waals surface area contributed by atoms with Crippen LogP contribution in [0.25, 0.3) is 0 Å². The Morgan fingerprint density at radius 1 is 1.21 bits per heavy atom. The van der Waals surface area contributed by atoms with Gasteiger partial charge in [0.25, 0.3) is 0 Å². The molecular formula is C20H29NO2Si. The predicted molar refractivity (Wildman–Crippen MR) is 101 cm³/mol. The minimum atomic E-state index is -1.33. The fourth-order valence-corrected chi connectivity index (χ4v) is 4.91. The van der Waals surface area contributed by atoms with Crippen LogP contribution in [0.3, 0.4) is 0 Å². The van der Waals surface area contributed by atoms with Crippen LogP contribution in [-0.2, 0) is 15.8 Å². The van der Waals surface area contributed by atoms with E-state index in [-0.39, 0.29) is 23.3 Å². The number of terminal acetylenes is 1. The van der Waals surface area contributed by atoms with E-state index in [0.29, 0.717) is 6.54 Å². The maximum Gasteiger partial charge on any atom is 0.233 e. The number of likely N-dealkylation sites (tertiary alicyclic amines) is 1. The van der Waals surface area contributed by atoms with Crippen LogP contribution in [0.1, 0.15) is 33.3 Å². The molecule has 130 valence electrons. The molecule has 0 aliphatic carbocycles. The van der Waals surface area contributed by atoms with Gasteiger partial charge in [0, 0.05) is 6.54 Å². The van der Waals surface area contributed by atoms with Gasteiger partial charge in [-0.3, -0.25) is 4.79 Å². The van der Waals surface area contributed by atoms with Crippen LogP contribution in [0.15, 0.2) is 30.3 Å². The van der Waals surface area contributed by atoms with Crippen molar-refractivity contribution in [1.82, 2.24) is 4.90 Å². The van der Waals surface area contributed by atoms with Gasteiger partial charge in [-0.15, -0.1) is 6.42 Å². The number of rotatable bonds is 5. The summed E-state index contributed by atoms with van der Waals surface area (Å²) in [7, 11) is -1.33. The second-order valence-corrected chi connectivity index (χ2v) is 10.4.